The molecular weight excluding hydrogens is 260 g/mol. The van der Waals surface area contributed by atoms with Crippen LogP contribution in [0.1, 0.15) is 18.7 Å². The first-order chi connectivity index (χ1) is 9.74. The molecule has 1 rings (SSSR count). The Kier molecular flexibility index (Phi) is 8.90. The van der Waals surface area contributed by atoms with Gasteiger partial charge in [-0.15, -0.1) is 0 Å². The largest absolute Gasteiger partial charge is 0.490 e. The Labute approximate surface area is 120 Å². The van der Waals surface area contributed by atoms with Crippen molar-refractivity contribution < 1.29 is 18.9 Å². The standard InChI is InChI=1S/C14H24N2O4/c1-12(15)14-4-3-13(11-16-14)20-10-9-19-8-7-18-6-5-17-2/h3-4,11-12H,5-10,15H2,1-2H3. The highest BCUT2D eigenvalue weighted by molar-refractivity contribution is 5.21. The summed E-state index contributed by atoms with van der Waals surface area (Å²) in [6, 6.07) is 3.66. The fourth-order valence-corrected chi connectivity index (χ4v) is 1.43. The molecule has 1 heterocycles. The van der Waals surface area contributed by atoms with Crippen molar-refractivity contribution in [2.24, 2.45) is 5.73 Å². The number of pyridine rings is 1. The van der Waals surface area contributed by atoms with Crippen LogP contribution in [-0.4, -0.2) is 51.7 Å². The van der Waals surface area contributed by atoms with Crippen LogP contribution in [-0.2, 0) is 14.2 Å². The summed E-state index contributed by atoms with van der Waals surface area (Å²) in [4.78, 5) is 4.21. The zero-order chi connectivity index (χ0) is 14.6. The highest BCUT2D eigenvalue weighted by Crippen LogP contribution is 2.12. The maximum absolute atomic E-state index is 5.72. The molecule has 20 heavy (non-hydrogen) atoms. The average molecular weight is 284 g/mol. The second-order valence-electron chi connectivity index (χ2n) is 4.27. The quantitative estimate of drug-likeness (QED) is 0.615. The van der Waals surface area contributed by atoms with E-state index >= 15 is 0 Å². The number of nitrogens with zero attached hydrogens (tertiary/aromatic N) is 1. The van der Waals surface area contributed by atoms with Crippen LogP contribution in [0.2, 0.25) is 0 Å². The monoisotopic (exact) mass is 284 g/mol. The molecule has 0 aliphatic carbocycles. The van der Waals surface area contributed by atoms with Crippen LogP contribution in [0.25, 0.3) is 0 Å². The number of rotatable bonds is 11. The third kappa shape index (κ3) is 7.40. The van der Waals surface area contributed by atoms with E-state index in [-0.39, 0.29) is 6.04 Å². The smallest absolute Gasteiger partial charge is 0.137 e. The maximum Gasteiger partial charge on any atom is 0.137 e. The van der Waals surface area contributed by atoms with Crippen molar-refractivity contribution in [2.45, 2.75) is 13.0 Å². The molecule has 0 saturated heterocycles. The minimum Gasteiger partial charge on any atom is -0.490 e. The molecule has 0 radical (unpaired) electrons. The van der Waals surface area contributed by atoms with E-state index in [1.165, 1.54) is 0 Å². The molecule has 0 amide bonds. The zero-order valence-corrected chi connectivity index (χ0v) is 12.2. The molecule has 0 aliphatic rings. The highest BCUT2D eigenvalue weighted by Gasteiger charge is 2.01. The second kappa shape index (κ2) is 10.6. The van der Waals surface area contributed by atoms with E-state index in [4.69, 9.17) is 24.7 Å². The summed E-state index contributed by atoms with van der Waals surface area (Å²) in [7, 11) is 1.65. The van der Waals surface area contributed by atoms with E-state index in [1.807, 2.05) is 19.1 Å². The topological polar surface area (TPSA) is 75.8 Å². The summed E-state index contributed by atoms with van der Waals surface area (Å²) < 4.78 is 21.0. The lowest BCUT2D eigenvalue weighted by Crippen LogP contribution is -2.12. The van der Waals surface area contributed by atoms with Gasteiger partial charge in [-0.3, -0.25) is 4.98 Å². The van der Waals surface area contributed by atoms with Gasteiger partial charge in [0.25, 0.3) is 0 Å². The molecule has 0 saturated carbocycles. The van der Waals surface area contributed by atoms with Crippen LogP contribution < -0.4 is 10.5 Å². The fraction of sp³-hybridized carbons (Fsp3) is 0.643. The number of ether oxygens (including phenoxy) is 4. The Hall–Kier alpha value is -1.21. The molecule has 0 bridgehead atoms. The minimum atomic E-state index is -0.0644. The Morgan fingerprint density at radius 2 is 1.70 bits per heavy atom. The maximum atomic E-state index is 5.72. The van der Waals surface area contributed by atoms with Crippen molar-refractivity contribution in [3.8, 4) is 5.75 Å². The second-order valence-corrected chi connectivity index (χ2v) is 4.27. The molecule has 6 nitrogen and oxygen atoms in total. The third-order valence-electron chi connectivity index (χ3n) is 2.53. The summed E-state index contributed by atoms with van der Waals surface area (Å²) in [6.07, 6.45) is 1.67. The number of nitrogens with two attached hydrogens (primary N) is 1. The summed E-state index contributed by atoms with van der Waals surface area (Å²) in [5, 5.41) is 0. The molecule has 0 aliphatic heterocycles. The molecular formula is C14H24N2O4. The Morgan fingerprint density at radius 3 is 2.25 bits per heavy atom. The van der Waals surface area contributed by atoms with Crippen LogP contribution >= 0.6 is 0 Å². The highest BCUT2D eigenvalue weighted by atomic mass is 16.6. The zero-order valence-electron chi connectivity index (χ0n) is 12.2. The third-order valence-corrected chi connectivity index (χ3v) is 2.53. The van der Waals surface area contributed by atoms with Crippen molar-refractivity contribution in [1.82, 2.24) is 4.98 Å². The molecule has 2 N–H and O–H groups in total. The van der Waals surface area contributed by atoms with Crippen LogP contribution in [0, 0.1) is 0 Å². The van der Waals surface area contributed by atoms with Crippen molar-refractivity contribution in [3.63, 3.8) is 0 Å². The molecule has 0 fully saturated rings. The average Bonchev–Trinajstić information content (AvgIpc) is 2.46. The molecule has 1 aromatic heterocycles. The van der Waals surface area contributed by atoms with Crippen LogP contribution in [0.4, 0.5) is 0 Å². The minimum absolute atomic E-state index is 0.0644. The SMILES string of the molecule is COCCOCCOCCOc1ccc(C(C)N)nc1. The molecule has 1 atom stereocenters. The van der Waals surface area contributed by atoms with Crippen molar-refractivity contribution in [2.75, 3.05) is 46.8 Å². The first-order valence-corrected chi connectivity index (χ1v) is 6.72. The molecule has 1 aromatic rings. The fourth-order valence-electron chi connectivity index (χ4n) is 1.43. The van der Waals surface area contributed by atoms with Crippen LogP contribution in [0.3, 0.4) is 0 Å². The lowest BCUT2D eigenvalue weighted by atomic mass is 10.2. The van der Waals surface area contributed by atoms with Gasteiger partial charge in [-0.05, 0) is 19.1 Å². The van der Waals surface area contributed by atoms with Gasteiger partial charge in [-0.1, -0.05) is 0 Å². The van der Waals surface area contributed by atoms with Gasteiger partial charge in [0.15, 0.2) is 0 Å². The number of aromatic nitrogens is 1. The first-order valence-electron chi connectivity index (χ1n) is 6.72. The van der Waals surface area contributed by atoms with Crippen molar-refractivity contribution in [3.05, 3.63) is 24.0 Å². The molecule has 0 spiro atoms. The van der Waals surface area contributed by atoms with Crippen molar-refractivity contribution >= 4 is 0 Å². The van der Waals surface area contributed by atoms with Gasteiger partial charge in [-0.25, -0.2) is 0 Å². The van der Waals surface area contributed by atoms with Gasteiger partial charge in [0.05, 0.1) is 44.9 Å². The van der Waals surface area contributed by atoms with E-state index in [1.54, 1.807) is 13.3 Å². The van der Waals surface area contributed by atoms with Gasteiger partial charge in [0, 0.05) is 13.2 Å². The number of methoxy groups -OCH3 is 1. The molecule has 6 heteroatoms. The number of hydrogen-bond donors (Lipinski definition) is 1. The van der Waals surface area contributed by atoms with E-state index in [9.17, 15) is 0 Å². The van der Waals surface area contributed by atoms with Crippen LogP contribution in [0.5, 0.6) is 5.75 Å². The normalized spacial score (nSPS) is 12.3. The van der Waals surface area contributed by atoms with Crippen molar-refractivity contribution in [1.29, 1.82) is 0 Å². The van der Waals surface area contributed by atoms with Crippen LogP contribution in [0.15, 0.2) is 18.3 Å². The van der Waals surface area contributed by atoms with E-state index < -0.39 is 0 Å². The summed E-state index contributed by atoms with van der Waals surface area (Å²) in [5.41, 5.74) is 6.57. The molecule has 1 unspecified atom stereocenters. The van der Waals surface area contributed by atoms with E-state index in [0.717, 1.165) is 5.69 Å². The predicted octanol–water partition coefficient (Wildman–Crippen LogP) is 1.16. The Bertz CT molecular complexity index is 344. The molecule has 114 valence electrons. The molecule has 0 aromatic carbocycles. The summed E-state index contributed by atoms with van der Waals surface area (Å²) in [5.74, 6) is 0.717. The van der Waals surface area contributed by atoms with Gasteiger partial charge in [0.1, 0.15) is 12.4 Å². The van der Waals surface area contributed by atoms with E-state index in [2.05, 4.69) is 4.98 Å². The summed E-state index contributed by atoms with van der Waals surface area (Å²) in [6.45, 7) is 5.20. The van der Waals surface area contributed by atoms with Gasteiger partial charge >= 0.3 is 0 Å². The predicted molar refractivity (Wildman–Crippen MR) is 75.8 cm³/mol. The summed E-state index contributed by atoms with van der Waals surface area (Å²) >= 11 is 0. The van der Waals surface area contributed by atoms with Gasteiger partial charge in [-0.2, -0.15) is 0 Å². The van der Waals surface area contributed by atoms with E-state index in [0.29, 0.717) is 45.4 Å². The first kappa shape index (κ1) is 16.8. The lowest BCUT2D eigenvalue weighted by Gasteiger charge is -2.09. The van der Waals surface area contributed by atoms with Gasteiger partial charge in [0.2, 0.25) is 0 Å². The van der Waals surface area contributed by atoms with Gasteiger partial charge < -0.3 is 24.7 Å². The lowest BCUT2D eigenvalue weighted by molar-refractivity contribution is 0.0179. The Balaban J connectivity index is 2.01. The Morgan fingerprint density at radius 1 is 1.05 bits per heavy atom. The number of hydrogen-bond acceptors (Lipinski definition) is 6.